The van der Waals surface area contributed by atoms with Crippen LogP contribution in [0, 0.1) is 6.92 Å². The van der Waals surface area contributed by atoms with Crippen LogP contribution in [0.4, 0.5) is 11.4 Å². The van der Waals surface area contributed by atoms with Gasteiger partial charge in [0.25, 0.3) is 0 Å². The van der Waals surface area contributed by atoms with Crippen LogP contribution in [0.3, 0.4) is 0 Å². The van der Waals surface area contributed by atoms with Crippen molar-refractivity contribution in [3.63, 3.8) is 0 Å². The first kappa shape index (κ1) is 8.27. The molecule has 3 N–H and O–H groups in total. The van der Waals surface area contributed by atoms with Crippen molar-refractivity contribution in [3.05, 3.63) is 23.8 Å². The first-order valence-electron chi connectivity index (χ1n) is 3.39. The molecule has 0 saturated carbocycles. The molecule has 60 valence electrons. The number of nitrogens with one attached hydrogen (secondary N) is 1. The summed E-state index contributed by atoms with van der Waals surface area (Å²) < 4.78 is 3.15. The number of anilines is 2. The van der Waals surface area contributed by atoms with Gasteiger partial charge in [-0.25, -0.2) is 0 Å². The zero-order chi connectivity index (χ0) is 8.27. The van der Waals surface area contributed by atoms with Crippen molar-refractivity contribution < 1.29 is 0 Å². The van der Waals surface area contributed by atoms with Crippen molar-refractivity contribution in [2.24, 2.45) is 0 Å². The normalized spacial score (nSPS) is 9.64. The minimum absolute atomic E-state index is 0.798. The van der Waals surface area contributed by atoms with E-state index in [1.165, 1.54) is 5.56 Å². The third kappa shape index (κ3) is 2.05. The van der Waals surface area contributed by atoms with E-state index in [2.05, 4.69) is 11.6 Å². The zero-order valence-corrected chi connectivity index (χ0v) is 7.53. The van der Waals surface area contributed by atoms with E-state index in [4.69, 9.17) is 5.73 Å². The monoisotopic (exact) mass is 168 g/mol. The predicted octanol–water partition coefficient (Wildman–Crippen LogP) is 2.27. The molecule has 0 heterocycles. The van der Waals surface area contributed by atoms with Gasteiger partial charge in [-0.2, -0.15) is 0 Å². The van der Waals surface area contributed by atoms with E-state index in [1.54, 1.807) is 11.9 Å². The SMILES string of the molecule is CSNc1cc(N)ccc1C. The van der Waals surface area contributed by atoms with Crippen LogP contribution in [0.1, 0.15) is 5.56 Å². The zero-order valence-electron chi connectivity index (χ0n) is 6.72. The molecule has 2 nitrogen and oxygen atoms in total. The number of nitrogen functional groups attached to an aromatic ring is 1. The molecule has 0 fully saturated rings. The van der Waals surface area contributed by atoms with Gasteiger partial charge in [0.05, 0.1) is 0 Å². The fourth-order valence-electron chi connectivity index (χ4n) is 0.860. The minimum Gasteiger partial charge on any atom is -0.399 e. The van der Waals surface area contributed by atoms with Gasteiger partial charge in [-0.15, -0.1) is 0 Å². The van der Waals surface area contributed by atoms with E-state index in [9.17, 15) is 0 Å². The number of aryl methyl sites for hydroxylation is 1. The number of hydrogen-bond donors (Lipinski definition) is 2. The van der Waals surface area contributed by atoms with Crippen LogP contribution in [0.15, 0.2) is 18.2 Å². The number of nitrogens with two attached hydrogens (primary N) is 1. The van der Waals surface area contributed by atoms with E-state index >= 15 is 0 Å². The van der Waals surface area contributed by atoms with Crippen LogP contribution in [-0.2, 0) is 0 Å². The van der Waals surface area contributed by atoms with Gasteiger partial charge in [0.1, 0.15) is 0 Å². The maximum Gasteiger partial charge on any atom is 0.0489 e. The lowest BCUT2D eigenvalue weighted by Gasteiger charge is -2.06. The molecular formula is C8H12N2S. The van der Waals surface area contributed by atoms with Crippen LogP contribution < -0.4 is 10.5 Å². The average Bonchev–Trinajstić information content (AvgIpc) is 1.98. The summed E-state index contributed by atoms with van der Waals surface area (Å²) in [6, 6.07) is 5.85. The molecule has 0 aliphatic rings. The molecule has 3 heteroatoms. The van der Waals surface area contributed by atoms with Crippen LogP contribution in [-0.4, -0.2) is 6.26 Å². The smallest absolute Gasteiger partial charge is 0.0489 e. The van der Waals surface area contributed by atoms with Gasteiger partial charge in [0, 0.05) is 17.6 Å². The van der Waals surface area contributed by atoms with Crippen LogP contribution in [0.25, 0.3) is 0 Å². The summed E-state index contributed by atoms with van der Waals surface area (Å²) >= 11 is 1.57. The van der Waals surface area contributed by atoms with Crippen molar-refractivity contribution in [2.75, 3.05) is 16.7 Å². The maximum absolute atomic E-state index is 5.61. The Kier molecular flexibility index (Phi) is 2.65. The standard InChI is InChI=1S/C8H12N2S/c1-6-3-4-7(9)5-8(6)10-11-2/h3-5,10H,9H2,1-2H3. The fourth-order valence-corrected chi connectivity index (χ4v) is 1.30. The van der Waals surface area contributed by atoms with E-state index < -0.39 is 0 Å². The number of hydrogen-bond acceptors (Lipinski definition) is 3. The van der Waals surface area contributed by atoms with Gasteiger partial charge in [-0.3, -0.25) is 0 Å². The molecule has 0 amide bonds. The topological polar surface area (TPSA) is 38.0 Å². The van der Waals surface area contributed by atoms with Crippen LogP contribution >= 0.6 is 11.9 Å². The lowest BCUT2D eigenvalue weighted by atomic mass is 10.2. The third-order valence-corrected chi connectivity index (χ3v) is 1.90. The second-order valence-corrected chi connectivity index (χ2v) is 2.99. The molecule has 0 aliphatic heterocycles. The lowest BCUT2D eigenvalue weighted by molar-refractivity contribution is 1.47. The second kappa shape index (κ2) is 3.53. The van der Waals surface area contributed by atoms with E-state index in [0.717, 1.165) is 11.4 Å². The Hall–Kier alpha value is -0.830. The highest BCUT2D eigenvalue weighted by molar-refractivity contribution is 7.99. The largest absolute Gasteiger partial charge is 0.399 e. The van der Waals surface area contributed by atoms with E-state index in [0.29, 0.717) is 0 Å². The van der Waals surface area contributed by atoms with Gasteiger partial charge in [-0.1, -0.05) is 18.0 Å². The molecule has 0 aliphatic carbocycles. The molecule has 1 aromatic carbocycles. The van der Waals surface area contributed by atoms with Crippen molar-refractivity contribution in [1.82, 2.24) is 0 Å². The molecule has 1 rings (SSSR count). The molecule has 0 spiro atoms. The quantitative estimate of drug-likeness (QED) is 0.525. The first-order valence-corrected chi connectivity index (χ1v) is 4.61. The molecule has 0 bridgehead atoms. The number of rotatable bonds is 2. The highest BCUT2D eigenvalue weighted by Gasteiger charge is 1.95. The summed E-state index contributed by atoms with van der Waals surface area (Å²) in [5.41, 5.74) is 8.72. The summed E-state index contributed by atoms with van der Waals surface area (Å²) in [6.07, 6.45) is 1.99. The molecule has 0 atom stereocenters. The van der Waals surface area contributed by atoms with Gasteiger partial charge in [0.15, 0.2) is 0 Å². The Balaban J connectivity index is 2.93. The van der Waals surface area contributed by atoms with Crippen molar-refractivity contribution in [2.45, 2.75) is 6.92 Å². The highest BCUT2D eigenvalue weighted by Crippen LogP contribution is 2.19. The second-order valence-electron chi connectivity index (χ2n) is 2.38. The fraction of sp³-hybridized carbons (Fsp3) is 0.250. The molecule has 1 aromatic rings. The summed E-state index contributed by atoms with van der Waals surface area (Å²) in [5.74, 6) is 0. The van der Waals surface area contributed by atoms with Gasteiger partial charge in [-0.05, 0) is 24.6 Å². The van der Waals surface area contributed by atoms with Crippen molar-refractivity contribution >= 4 is 23.3 Å². The number of benzene rings is 1. The summed E-state index contributed by atoms with van der Waals surface area (Å²) in [7, 11) is 0. The first-order chi connectivity index (χ1) is 5.24. The molecule has 0 saturated heterocycles. The van der Waals surface area contributed by atoms with Crippen LogP contribution in [0.5, 0.6) is 0 Å². The van der Waals surface area contributed by atoms with Gasteiger partial charge >= 0.3 is 0 Å². The maximum atomic E-state index is 5.61. The summed E-state index contributed by atoms with van der Waals surface area (Å²) in [4.78, 5) is 0. The lowest BCUT2D eigenvalue weighted by Crippen LogP contribution is -1.91. The molecule has 0 radical (unpaired) electrons. The third-order valence-electron chi connectivity index (χ3n) is 1.47. The van der Waals surface area contributed by atoms with Crippen molar-refractivity contribution in [3.8, 4) is 0 Å². The molecular weight excluding hydrogens is 156 g/mol. The molecule has 0 unspecified atom stereocenters. The van der Waals surface area contributed by atoms with Crippen LogP contribution in [0.2, 0.25) is 0 Å². The predicted molar refractivity (Wildman–Crippen MR) is 52.7 cm³/mol. The van der Waals surface area contributed by atoms with Crippen molar-refractivity contribution in [1.29, 1.82) is 0 Å². The van der Waals surface area contributed by atoms with E-state index in [1.807, 2.05) is 24.5 Å². The average molecular weight is 168 g/mol. The minimum atomic E-state index is 0.798. The Bertz CT molecular complexity index is 248. The summed E-state index contributed by atoms with van der Waals surface area (Å²) in [6.45, 7) is 2.05. The Morgan fingerprint density at radius 1 is 1.45 bits per heavy atom. The Morgan fingerprint density at radius 3 is 2.82 bits per heavy atom. The Morgan fingerprint density at radius 2 is 2.18 bits per heavy atom. The summed E-state index contributed by atoms with van der Waals surface area (Å²) in [5, 5.41) is 0. The highest BCUT2D eigenvalue weighted by atomic mass is 32.2. The molecule has 11 heavy (non-hydrogen) atoms. The molecule has 0 aromatic heterocycles. The Labute approximate surface area is 71.3 Å². The van der Waals surface area contributed by atoms with Gasteiger partial charge in [0.2, 0.25) is 0 Å². The van der Waals surface area contributed by atoms with Gasteiger partial charge < -0.3 is 10.5 Å². The van der Waals surface area contributed by atoms with E-state index in [-0.39, 0.29) is 0 Å².